The van der Waals surface area contributed by atoms with E-state index in [9.17, 15) is 4.79 Å². The van der Waals surface area contributed by atoms with Crippen molar-refractivity contribution >= 4 is 22.4 Å². The summed E-state index contributed by atoms with van der Waals surface area (Å²) in [7, 11) is 1.63. The van der Waals surface area contributed by atoms with Crippen LogP contribution in [0.3, 0.4) is 0 Å². The number of hydrogen-bond acceptors (Lipinski definition) is 6. The molecule has 0 spiro atoms. The number of aryl methyl sites for hydroxylation is 1. The number of methoxy groups -OCH3 is 1. The number of carbonyl (C=O) groups excluding carboxylic acids is 1. The molecular weight excluding hydrogens is 288 g/mol. The van der Waals surface area contributed by atoms with E-state index in [1.165, 1.54) is 0 Å². The molecule has 0 aromatic carbocycles. The summed E-state index contributed by atoms with van der Waals surface area (Å²) in [6.07, 6.45) is 0. The van der Waals surface area contributed by atoms with Gasteiger partial charge >= 0.3 is 0 Å². The van der Waals surface area contributed by atoms with Gasteiger partial charge in [-0.05, 0) is 13.8 Å². The lowest BCUT2D eigenvalue weighted by atomic mass is 10.2. The molecule has 2 heterocycles. The maximum absolute atomic E-state index is 11.8. The number of nitrogens with one attached hydrogen (secondary N) is 1. The lowest BCUT2D eigenvalue weighted by Gasteiger charge is -2.39. The Hall–Kier alpha value is -1.18. The first-order valence-corrected chi connectivity index (χ1v) is 8.15. The minimum absolute atomic E-state index is 0.0674. The average molecular weight is 312 g/mol. The molecule has 1 aliphatic rings. The zero-order valence-electron chi connectivity index (χ0n) is 13.0. The van der Waals surface area contributed by atoms with Crippen LogP contribution in [0.25, 0.3) is 0 Å². The summed E-state index contributed by atoms with van der Waals surface area (Å²) in [5, 5.41) is 6.03. The number of rotatable bonds is 6. The van der Waals surface area contributed by atoms with E-state index >= 15 is 0 Å². The molecule has 21 heavy (non-hydrogen) atoms. The predicted molar refractivity (Wildman–Crippen MR) is 85.0 cm³/mol. The fraction of sp³-hybridized carbons (Fsp3) is 0.714. The molecule has 1 N–H and O–H groups in total. The van der Waals surface area contributed by atoms with Crippen LogP contribution in [0.4, 0.5) is 5.13 Å². The van der Waals surface area contributed by atoms with E-state index in [0.29, 0.717) is 25.7 Å². The van der Waals surface area contributed by atoms with Crippen molar-refractivity contribution in [1.29, 1.82) is 0 Å². The average Bonchev–Trinajstić information content (AvgIpc) is 2.85. The molecule has 1 saturated heterocycles. The van der Waals surface area contributed by atoms with Crippen molar-refractivity contribution in [3.8, 4) is 0 Å². The molecular formula is C14H24N4O2S. The number of amides is 1. The van der Waals surface area contributed by atoms with Gasteiger partial charge in [0.15, 0.2) is 5.13 Å². The highest BCUT2D eigenvalue weighted by Gasteiger charge is 2.26. The zero-order chi connectivity index (χ0) is 15.2. The second-order valence-corrected chi connectivity index (χ2v) is 6.23. The lowest BCUT2D eigenvalue weighted by Crippen LogP contribution is -2.54. The van der Waals surface area contributed by atoms with Crippen LogP contribution in [0.15, 0.2) is 5.38 Å². The van der Waals surface area contributed by atoms with Gasteiger partial charge in [0.2, 0.25) is 5.91 Å². The van der Waals surface area contributed by atoms with E-state index in [2.05, 4.69) is 32.4 Å². The van der Waals surface area contributed by atoms with E-state index < -0.39 is 0 Å². The third kappa shape index (κ3) is 4.66. The molecule has 0 saturated carbocycles. The molecule has 1 aromatic heterocycles. The molecule has 7 heteroatoms. The van der Waals surface area contributed by atoms with Crippen molar-refractivity contribution in [2.45, 2.75) is 19.9 Å². The van der Waals surface area contributed by atoms with E-state index in [0.717, 1.165) is 30.5 Å². The molecule has 2 rings (SSSR count). The van der Waals surface area contributed by atoms with Gasteiger partial charge in [-0.15, -0.1) is 11.3 Å². The summed E-state index contributed by atoms with van der Waals surface area (Å²) < 4.78 is 4.92. The summed E-state index contributed by atoms with van der Waals surface area (Å²) in [6, 6.07) is 0.371. The van der Waals surface area contributed by atoms with Crippen molar-refractivity contribution in [3.05, 3.63) is 11.1 Å². The van der Waals surface area contributed by atoms with Gasteiger partial charge in [-0.2, -0.15) is 0 Å². The van der Waals surface area contributed by atoms with Gasteiger partial charge in [-0.25, -0.2) is 4.98 Å². The first-order chi connectivity index (χ1) is 10.1. The van der Waals surface area contributed by atoms with Crippen LogP contribution >= 0.6 is 11.3 Å². The highest BCUT2D eigenvalue weighted by atomic mass is 32.1. The van der Waals surface area contributed by atoms with Gasteiger partial charge in [-0.1, -0.05) is 0 Å². The number of nitrogens with zero attached hydrogens (tertiary/aromatic N) is 3. The quantitative estimate of drug-likeness (QED) is 0.785. The van der Waals surface area contributed by atoms with Gasteiger partial charge in [0.05, 0.1) is 18.8 Å². The number of anilines is 1. The number of piperazine rings is 1. The maximum atomic E-state index is 11.8. The van der Waals surface area contributed by atoms with Crippen LogP contribution in [0.1, 0.15) is 12.6 Å². The topological polar surface area (TPSA) is 57.7 Å². The van der Waals surface area contributed by atoms with E-state index in [-0.39, 0.29) is 5.91 Å². The Kier molecular flexibility index (Phi) is 5.96. The summed E-state index contributed by atoms with van der Waals surface area (Å²) in [4.78, 5) is 20.9. The Morgan fingerprint density at radius 3 is 3.00 bits per heavy atom. The highest BCUT2D eigenvalue weighted by molar-refractivity contribution is 7.13. The number of ether oxygens (including phenoxy) is 1. The minimum atomic E-state index is 0.0674. The molecule has 1 aromatic rings. The van der Waals surface area contributed by atoms with Gasteiger partial charge in [0.1, 0.15) is 0 Å². The fourth-order valence-electron chi connectivity index (χ4n) is 2.49. The minimum Gasteiger partial charge on any atom is -0.383 e. The van der Waals surface area contributed by atoms with Crippen LogP contribution in [0, 0.1) is 6.92 Å². The molecule has 1 aliphatic heterocycles. The second-order valence-electron chi connectivity index (χ2n) is 5.39. The van der Waals surface area contributed by atoms with Gasteiger partial charge in [-0.3, -0.25) is 9.69 Å². The molecule has 1 fully saturated rings. The first kappa shape index (κ1) is 16.2. The summed E-state index contributed by atoms with van der Waals surface area (Å²) in [5.41, 5.74) is 1.07. The second kappa shape index (κ2) is 7.72. The van der Waals surface area contributed by atoms with E-state index in [1.54, 1.807) is 18.4 Å². The standard InChI is InChI=1S/C14H24N4O2S/c1-11-10-21-14(16-11)18-6-5-17(8-12(18)2)9-13(19)15-4-7-20-3/h10,12H,4-9H2,1-3H3,(H,15,19)/t12-/m1/s1. The predicted octanol–water partition coefficient (Wildman–Crippen LogP) is 0.725. The van der Waals surface area contributed by atoms with Crippen LogP contribution in [-0.2, 0) is 9.53 Å². The third-order valence-electron chi connectivity index (χ3n) is 3.56. The van der Waals surface area contributed by atoms with Crippen molar-refractivity contribution < 1.29 is 9.53 Å². The summed E-state index contributed by atoms with van der Waals surface area (Å²) >= 11 is 1.69. The van der Waals surface area contributed by atoms with Gasteiger partial charge < -0.3 is 15.0 Å². The maximum Gasteiger partial charge on any atom is 0.234 e. The largest absolute Gasteiger partial charge is 0.383 e. The third-order valence-corrected chi connectivity index (χ3v) is 4.56. The Bertz CT molecular complexity index is 466. The van der Waals surface area contributed by atoms with Gasteiger partial charge in [0, 0.05) is 44.7 Å². The van der Waals surface area contributed by atoms with Crippen LogP contribution in [0.2, 0.25) is 0 Å². The highest BCUT2D eigenvalue weighted by Crippen LogP contribution is 2.24. The molecule has 1 atom stereocenters. The zero-order valence-corrected chi connectivity index (χ0v) is 13.8. The van der Waals surface area contributed by atoms with Crippen LogP contribution < -0.4 is 10.2 Å². The fourth-order valence-corrected chi connectivity index (χ4v) is 3.42. The Morgan fingerprint density at radius 2 is 2.38 bits per heavy atom. The number of aromatic nitrogens is 1. The number of thiazole rings is 1. The molecule has 1 amide bonds. The summed E-state index contributed by atoms with van der Waals surface area (Å²) in [6.45, 7) is 8.48. The van der Waals surface area contributed by atoms with Gasteiger partial charge in [0.25, 0.3) is 0 Å². The SMILES string of the molecule is COCCNC(=O)CN1CCN(c2nc(C)cs2)[C@H](C)C1. The monoisotopic (exact) mass is 312 g/mol. The van der Waals surface area contributed by atoms with E-state index in [1.807, 2.05) is 6.92 Å². The molecule has 0 radical (unpaired) electrons. The molecule has 118 valence electrons. The molecule has 0 aliphatic carbocycles. The van der Waals surface area contributed by atoms with Crippen molar-refractivity contribution in [1.82, 2.24) is 15.2 Å². The van der Waals surface area contributed by atoms with Crippen molar-refractivity contribution in [2.24, 2.45) is 0 Å². The van der Waals surface area contributed by atoms with E-state index in [4.69, 9.17) is 4.74 Å². The van der Waals surface area contributed by atoms with Crippen molar-refractivity contribution in [3.63, 3.8) is 0 Å². The molecule has 6 nitrogen and oxygen atoms in total. The Morgan fingerprint density at radius 1 is 1.57 bits per heavy atom. The Balaban J connectivity index is 1.79. The van der Waals surface area contributed by atoms with Crippen molar-refractivity contribution in [2.75, 3.05) is 51.3 Å². The molecule has 0 unspecified atom stereocenters. The smallest absolute Gasteiger partial charge is 0.234 e. The summed E-state index contributed by atoms with van der Waals surface area (Å²) in [5.74, 6) is 0.0674. The Labute approximate surface area is 130 Å². The number of carbonyl (C=O) groups is 1. The van der Waals surface area contributed by atoms with Crippen LogP contribution in [0.5, 0.6) is 0 Å². The lowest BCUT2D eigenvalue weighted by molar-refractivity contribution is -0.122. The number of hydrogen-bond donors (Lipinski definition) is 1. The normalized spacial score (nSPS) is 19.8. The first-order valence-electron chi connectivity index (χ1n) is 7.27. The van der Waals surface area contributed by atoms with Crippen LogP contribution in [-0.4, -0.2) is 68.3 Å². The molecule has 0 bridgehead atoms.